The van der Waals surface area contributed by atoms with Gasteiger partial charge in [-0.3, -0.25) is 0 Å². The second-order valence-electron chi connectivity index (χ2n) is 4.10. The van der Waals surface area contributed by atoms with Gasteiger partial charge >= 0.3 is 0 Å². The van der Waals surface area contributed by atoms with Gasteiger partial charge < -0.3 is 5.32 Å². The van der Waals surface area contributed by atoms with Gasteiger partial charge in [0.1, 0.15) is 0 Å². The highest BCUT2D eigenvalue weighted by atomic mass is 15.1. The van der Waals surface area contributed by atoms with Crippen LogP contribution in [0.15, 0.2) is 29.4 Å². The van der Waals surface area contributed by atoms with E-state index in [4.69, 9.17) is 5.53 Å². The lowest BCUT2D eigenvalue weighted by Gasteiger charge is -2.17. The molecule has 1 heterocycles. The smallest absolute Gasteiger partial charge is 0.0292 e. The van der Waals surface area contributed by atoms with Crippen molar-refractivity contribution >= 4 is 6.08 Å². The fourth-order valence-corrected chi connectivity index (χ4v) is 2.00. The first-order valence-corrected chi connectivity index (χ1v) is 5.90. The number of nitrogens with one attached hydrogen (secondary N) is 1. The highest BCUT2D eigenvalue weighted by molar-refractivity contribution is 5.52. The molecule has 0 saturated heterocycles. The van der Waals surface area contributed by atoms with E-state index in [-0.39, 0.29) is 0 Å². The molecule has 0 aliphatic carbocycles. The van der Waals surface area contributed by atoms with Gasteiger partial charge in [-0.25, -0.2) is 0 Å². The van der Waals surface area contributed by atoms with E-state index in [1.54, 1.807) is 0 Å². The molecule has 0 radical (unpaired) electrons. The first-order chi connectivity index (χ1) is 8.40. The monoisotopic (exact) mass is 228 g/mol. The summed E-state index contributed by atoms with van der Waals surface area (Å²) in [5, 5.41) is 6.87. The van der Waals surface area contributed by atoms with Crippen molar-refractivity contribution in [2.75, 3.05) is 13.1 Å². The van der Waals surface area contributed by atoms with E-state index in [1.165, 1.54) is 16.7 Å². The van der Waals surface area contributed by atoms with Gasteiger partial charge in [0.15, 0.2) is 0 Å². The molecule has 1 aliphatic rings. The lowest BCUT2D eigenvalue weighted by molar-refractivity contribution is 0.643. The SMILES string of the molecule is [N-]=[N+]=NCCC=Cc1ccc2c(c1)CNCC2. The first-order valence-electron chi connectivity index (χ1n) is 5.90. The zero-order valence-electron chi connectivity index (χ0n) is 9.76. The van der Waals surface area contributed by atoms with E-state index in [9.17, 15) is 0 Å². The third kappa shape index (κ3) is 3.34. The fraction of sp³-hybridized carbons (Fsp3) is 0.385. The van der Waals surface area contributed by atoms with Crippen molar-refractivity contribution in [1.29, 1.82) is 0 Å². The van der Waals surface area contributed by atoms with Gasteiger partial charge in [-0.2, -0.15) is 0 Å². The summed E-state index contributed by atoms with van der Waals surface area (Å²) < 4.78 is 0. The molecule has 0 saturated carbocycles. The highest BCUT2D eigenvalue weighted by Crippen LogP contribution is 2.16. The van der Waals surface area contributed by atoms with Crippen molar-refractivity contribution in [3.63, 3.8) is 0 Å². The second kappa shape index (κ2) is 6.09. The van der Waals surface area contributed by atoms with Crippen molar-refractivity contribution in [3.05, 3.63) is 51.4 Å². The average Bonchev–Trinajstić information content (AvgIpc) is 2.38. The highest BCUT2D eigenvalue weighted by Gasteiger charge is 2.07. The number of benzene rings is 1. The number of hydrogen-bond acceptors (Lipinski definition) is 2. The second-order valence-corrected chi connectivity index (χ2v) is 4.10. The van der Waals surface area contributed by atoms with Crippen LogP contribution >= 0.6 is 0 Å². The molecule has 4 heteroatoms. The molecule has 1 aromatic rings. The van der Waals surface area contributed by atoms with Gasteiger partial charge in [0.05, 0.1) is 0 Å². The average molecular weight is 228 g/mol. The number of azide groups is 1. The molecule has 0 atom stereocenters. The Kier molecular flexibility index (Phi) is 4.19. The minimum absolute atomic E-state index is 0.527. The summed E-state index contributed by atoms with van der Waals surface area (Å²) in [5.74, 6) is 0. The van der Waals surface area contributed by atoms with Gasteiger partial charge in [-0.15, -0.1) is 0 Å². The molecule has 0 bridgehead atoms. The molecular weight excluding hydrogens is 212 g/mol. The number of hydrogen-bond donors (Lipinski definition) is 1. The molecular formula is C13H16N4. The molecule has 1 N–H and O–H groups in total. The molecule has 0 unspecified atom stereocenters. The van der Waals surface area contributed by atoms with Crippen LogP contribution in [0.1, 0.15) is 23.1 Å². The molecule has 17 heavy (non-hydrogen) atoms. The van der Waals surface area contributed by atoms with E-state index in [0.29, 0.717) is 6.54 Å². The van der Waals surface area contributed by atoms with Crippen LogP contribution in [0.25, 0.3) is 16.5 Å². The number of nitrogens with zero attached hydrogens (tertiary/aromatic N) is 3. The summed E-state index contributed by atoms with van der Waals surface area (Å²) in [5.41, 5.74) is 12.2. The summed E-state index contributed by atoms with van der Waals surface area (Å²) >= 11 is 0. The third-order valence-corrected chi connectivity index (χ3v) is 2.89. The quantitative estimate of drug-likeness (QED) is 0.366. The van der Waals surface area contributed by atoms with Crippen LogP contribution in [-0.2, 0) is 13.0 Å². The summed E-state index contributed by atoms with van der Waals surface area (Å²) in [6, 6.07) is 6.59. The van der Waals surface area contributed by atoms with Crippen molar-refractivity contribution in [2.45, 2.75) is 19.4 Å². The predicted octanol–water partition coefficient (Wildman–Crippen LogP) is 3.05. The van der Waals surface area contributed by atoms with Crippen molar-refractivity contribution in [2.24, 2.45) is 5.11 Å². The minimum Gasteiger partial charge on any atom is -0.312 e. The molecule has 2 rings (SSSR count). The van der Waals surface area contributed by atoms with Gasteiger partial charge in [-0.05, 0) is 41.6 Å². The Morgan fingerprint density at radius 1 is 1.41 bits per heavy atom. The van der Waals surface area contributed by atoms with Crippen LogP contribution in [0.5, 0.6) is 0 Å². The Morgan fingerprint density at radius 3 is 3.24 bits per heavy atom. The van der Waals surface area contributed by atoms with E-state index in [1.807, 2.05) is 6.08 Å². The van der Waals surface area contributed by atoms with E-state index < -0.39 is 0 Å². The van der Waals surface area contributed by atoms with Crippen LogP contribution in [-0.4, -0.2) is 13.1 Å². The van der Waals surface area contributed by atoms with Crippen LogP contribution < -0.4 is 5.32 Å². The predicted molar refractivity (Wildman–Crippen MR) is 69.5 cm³/mol. The lowest BCUT2D eigenvalue weighted by atomic mass is 9.98. The van der Waals surface area contributed by atoms with E-state index in [2.05, 4.69) is 39.6 Å². The molecule has 0 spiro atoms. The first kappa shape index (κ1) is 11.7. The Labute approximate surface area is 101 Å². The molecule has 0 fully saturated rings. The molecule has 1 aliphatic heterocycles. The zero-order chi connectivity index (χ0) is 11.9. The Balaban J connectivity index is 1.99. The van der Waals surface area contributed by atoms with Gasteiger partial charge in [0, 0.05) is 18.0 Å². The largest absolute Gasteiger partial charge is 0.312 e. The summed E-state index contributed by atoms with van der Waals surface area (Å²) in [4.78, 5) is 2.72. The van der Waals surface area contributed by atoms with Crippen molar-refractivity contribution < 1.29 is 0 Å². The molecule has 88 valence electrons. The Bertz CT molecular complexity index is 458. The fourth-order valence-electron chi connectivity index (χ4n) is 2.00. The van der Waals surface area contributed by atoms with E-state index >= 15 is 0 Å². The zero-order valence-corrected chi connectivity index (χ0v) is 9.76. The maximum absolute atomic E-state index is 8.14. The Hall–Kier alpha value is -1.77. The topological polar surface area (TPSA) is 60.8 Å². The summed E-state index contributed by atoms with van der Waals surface area (Å²) in [6.07, 6.45) is 6.05. The van der Waals surface area contributed by atoms with Crippen LogP contribution in [0.2, 0.25) is 0 Å². The molecule has 1 aromatic carbocycles. The lowest BCUT2D eigenvalue weighted by Crippen LogP contribution is -2.23. The van der Waals surface area contributed by atoms with Crippen LogP contribution in [0.4, 0.5) is 0 Å². The summed E-state index contributed by atoms with van der Waals surface area (Å²) in [7, 11) is 0. The van der Waals surface area contributed by atoms with Crippen molar-refractivity contribution in [3.8, 4) is 0 Å². The maximum atomic E-state index is 8.14. The summed E-state index contributed by atoms with van der Waals surface area (Å²) in [6.45, 7) is 2.57. The standard InChI is InChI=1S/C13H16N4/c14-17-16-7-2-1-3-11-4-5-12-6-8-15-10-13(12)9-11/h1,3-5,9,15H,2,6-8,10H2. The van der Waals surface area contributed by atoms with Gasteiger partial charge in [0.25, 0.3) is 0 Å². The van der Waals surface area contributed by atoms with Gasteiger partial charge in [0.2, 0.25) is 0 Å². The maximum Gasteiger partial charge on any atom is 0.0292 e. The number of rotatable bonds is 4. The normalized spacial score (nSPS) is 14.4. The van der Waals surface area contributed by atoms with Crippen LogP contribution in [0, 0.1) is 0 Å². The van der Waals surface area contributed by atoms with E-state index in [0.717, 1.165) is 25.9 Å². The molecule has 0 aromatic heterocycles. The van der Waals surface area contributed by atoms with Crippen molar-refractivity contribution in [1.82, 2.24) is 5.32 Å². The number of fused-ring (bicyclic) bond motifs is 1. The minimum atomic E-state index is 0.527. The molecule has 0 amide bonds. The third-order valence-electron chi connectivity index (χ3n) is 2.89. The van der Waals surface area contributed by atoms with Gasteiger partial charge in [-0.1, -0.05) is 35.5 Å². The van der Waals surface area contributed by atoms with Crippen LogP contribution in [0.3, 0.4) is 0 Å². The molecule has 4 nitrogen and oxygen atoms in total. The Morgan fingerprint density at radius 2 is 2.35 bits per heavy atom.